The number of para-hydroxylation sites is 1. The number of rotatable bonds is 8. The van der Waals surface area contributed by atoms with E-state index in [0.29, 0.717) is 36.4 Å². The quantitative estimate of drug-likeness (QED) is 0.547. The van der Waals surface area contributed by atoms with Crippen LogP contribution in [0.15, 0.2) is 48.5 Å². The van der Waals surface area contributed by atoms with Gasteiger partial charge in [-0.25, -0.2) is 14.0 Å². The van der Waals surface area contributed by atoms with Crippen molar-refractivity contribution in [2.24, 2.45) is 11.8 Å². The highest BCUT2D eigenvalue weighted by Crippen LogP contribution is 2.30. The highest BCUT2D eigenvalue weighted by molar-refractivity contribution is 5.99. The van der Waals surface area contributed by atoms with Crippen molar-refractivity contribution < 1.29 is 23.8 Å². The van der Waals surface area contributed by atoms with Crippen LogP contribution in [-0.4, -0.2) is 36.9 Å². The van der Waals surface area contributed by atoms with Crippen molar-refractivity contribution in [3.63, 3.8) is 0 Å². The number of benzene rings is 2. The third kappa shape index (κ3) is 6.68. The minimum atomic E-state index is -0.959. The molecule has 166 valence electrons. The smallest absolute Gasteiger partial charge is 0.329 e. The first-order chi connectivity index (χ1) is 14.9. The second kappa shape index (κ2) is 10.8. The van der Waals surface area contributed by atoms with Crippen molar-refractivity contribution in [3.05, 3.63) is 54.3 Å². The zero-order valence-corrected chi connectivity index (χ0v) is 17.3. The molecule has 0 spiro atoms. The summed E-state index contributed by atoms with van der Waals surface area (Å²) in [7, 11) is 0. The first-order valence-corrected chi connectivity index (χ1v) is 10.4. The zero-order valence-electron chi connectivity index (χ0n) is 17.3. The summed E-state index contributed by atoms with van der Waals surface area (Å²) in [6.45, 7) is 0.694. The first kappa shape index (κ1) is 22.6. The maximum Gasteiger partial charge on any atom is 0.329 e. The van der Waals surface area contributed by atoms with Crippen molar-refractivity contribution >= 4 is 29.1 Å². The van der Waals surface area contributed by atoms with Crippen LogP contribution in [0.25, 0.3) is 0 Å². The number of nitrogen functional groups attached to an aromatic ring is 1. The fraction of sp³-hybridized carbons (Fsp3) is 0.391. The number of nitrogens with one attached hydrogen (secondary N) is 1. The number of amides is 2. The van der Waals surface area contributed by atoms with Gasteiger partial charge < -0.3 is 20.9 Å². The molecule has 8 heteroatoms. The van der Waals surface area contributed by atoms with Gasteiger partial charge in [-0.2, -0.15) is 0 Å². The van der Waals surface area contributed by atoms with Crippen molar-refractivity contribution in [1.82, 2.24) is 5.32 Å². The molecule has 0 aliphatic heterocycles. The lowest BCUT2D eigenvalue weighted by Gasteiger charge is -2.29. The maximum absolute atomic E-state index is 13.9. The molecule has 3 rings (SSSR count). The van der Waals surface area contributed by atoms with Gasteiger partial charge in [0, 0.05) is 12.2 Å². The third-order valence-electron chi connectivity index (χ3n) is 5.47. The number of urea groups is 1. The molecule has 7 nitrogen and oxygen atoms in total. The minimum absolute atomic E-state index is 0.243. The van der Waals surface area contributed by atoms with Crippen molar-refractivity contribution in [2.45, 2.75) is 25.7 Å². The lowest BCUT2D eigenvalue weighted by Crippen LogP contribution is -2.40. The van der Waals surface area contributed by atoms with Gasteiger partial charge in [-0.1, -0.05) is 18.2 Å². The number of carbonyl (C=O) groups is 2. The van der Waals surface area contributed by atoms with E-state index in [1.54, 1.807) is 18.2 Å². The number of hydrogen-bond donors (Lipinski definition) is 3. The van der Waals surface area contributed by atoms with E-state index in [0.717, 1.165) is 25.7 Å². The van der Waals surface area contributed by atoms with Crippen LogP contribution in [0.4, 0.5) is 26.2 Å². The maximum atomic E-state index is 13.9. The Morgan fingerprint density at radius 2 is 1.74 bits per heavy atom. The molecule has 0 aromatic heterocycles. The normalized spacial score (nSPS) is 18.4. The van der Waals surface area contributed by atoms with Crippen molar-refractivity contribution in [3.8, 4) is 0 Å². The topological polar surface area (TPSA) is 105 Å². The molecular weight excluding hydrogens is 401 g/mol. The molecule has 1 aliphatic rings. The molecule has 4 N–H and O–H groups in total. The van der Waals surface area contributed by atoms with Gasteiger partial charge in [-0.3, -0.25) is 4.90 Å². The van der Waals surface area contributed by atoms with E-state index >= 15 is 0 Å². The number of nitrogens with zero attached hydrogens (tertiary/aromatic N) is 1. The van der Waals surface area contributed by atoms with Gasteiger partial charge in [0.2, 0.25) is 0 Å². The van der Waals surface area contributed by atoms with Crippen molar-refractivity contribution in [1.29, 1.82) is 0 Å². The number of carboxylic acids is 1. The molecule has 0 radical (unpaired) electrons. The largest absolute Gasteiger partial charge is 0.480 e. The Labute approximate surface area is 181 Å². The summed E-state index contributed by atoms with van der Waals surface area (Å²) in [4.78, 5) is 25.0. The molecule has 0 saturated heterocycles. The molecule has 1 saturated carbocycles. The summed E-state index contributed by atoms with van der Waals surface area (Å²) < 4.78 is 19.1. The molecule has 0 heterocycles. The predicted octanol–water partition coefficient (Wildman–Crippen LogP) is 4.16. The Balaban J connectivity index is 1.58. The summed E-state index contributed by atoms with van der Waals surface area (Å²) in [5.41, 5.74) is 7.01. The molecule has 2 aromatic rings. The summed E-state index contributed by atoms with van der Waals surface area (Å²) in [5.74, 6) is -0.788. The number of ether oxygens (including phenoxy) is 1. The van der Waals surface area contributed by atoms with E-state index in [1.165, 1.54) is 17.0 Å². The molecule has 0 unspecified atom stereocenters. The summed E-state index contributed by atoms with van der Waals surface area (Å²) in [6.07, 6.45) is 3.73. The van der Waals surface area contributed by atoms with Gasteiger partial charge in [-0.15, -0.1) is 0 Å². The van der Waals surface area contributed by atoms with Gasteiger partial charge in [0.1, 0.15) is 12.4 Å². The zero-order chi connectivity index (χ0) is 22.2. The Kier molecular flexibility index (Phi) is 7.83. The molecule has 1 fully saturated rings. The van der Waals surface area contributed by atoms with E-state index in [9.17, 15) is 14.0 Å². The second-order valence-electron chi connectivity index (χ2n) is 7.90. The van der Waals surface area contributed by atoms with Gasteiger partial charge in [0.05, 0.1) is 18.0 Å². The molecule has 0 bridgehead atoms. The monoisotopic (exact) mass is 429 g/mol. The molecule has 0 atom stereocenters. The molecule has 1 aliphatic carbocycles. The Morgan fingerprint density at radius 3 is 2.39 bits per heavy atom. The number of carbonyl (C=O) groups excluding carboxylic acids is 1. The van der Waals surface area contributed by atoms with Crippen LogP contribution in [0.5, 0.6) is 0 Å². The van der Waals surface area contributed by atoms with Gasteiger partial charge in [0.25, 0.3) is 0 Å². The van der Waals surface area contributed by atoms with Crippen LogP contribution in [0.2, 0.25) is 0 Å². The van der Waals surface area contributed by atoms with Crippen LogP contribution in [0, 0.1) is 17.7 Å². The van der Waals surface area contributed by atoms with Gasteiger partial charge in [0.15, 0.2) is 0 Å². The van der Waals surface area contributed by atoms with E-state index < -0.39 is 11.8 Å². The molecular formula is C23H28FN3O4. The summed E-state index contributed by atoms with van der Waals surface area (Å²) in [5, 5.41) is 11.6. The number of anilines is 3. The SMILES string of the molecule is Nc1cc(F)cc(N(C(=O)NC[C@H]2CC[C@H](COCC(=O)O)CC2)c2ccccc2)c1. The number of nitrogens with two attached hydrogens (primary N) is 1. The van der Waals surface area contributed by atoms with Crippen LogP contribution >= 0.6 is 0 Å². The second-order valence-corrected chi connectivity index (χ2v) is 7.90. The van der Waals surface area contributed by atoms with E-state index in [-0.39, 0.29) is 18.3 Å². The van der Waals surface area contributed by atoms with Crippen molar-refractivity contribution in [2.75, 3.05) is 30.4 Å². The predicted molar refractivity (Wildman–Crippen MR) is 117 cm³/mol. The first-order valence-electron chi connectivity index (χ1n) is 10.4. The fourth-order valence-corrected chi connectivity index (χ4v) is 3.91. The fourth-order valence-electron chi connectivity index (χ4n) is 3.91. The van der Waals surface area contributed by atoms with Crippen LogP contribution in [0.1, 0.15) is 25.7 Å². The van der Waals surface area contributed by atoms with E-state index in [1.807, 2.05) is 18.2 Å². The summed E-state index contributed by atoms with van der Waals surface area (Å²) in [6, 6.07) is 12.7. The van der Waals surface area contributed by atoms with Crippen LogP contribution in [-0.2, 0) is 9.53 Å². The number of carboxylic acid groups (broad SMARTS) is 1. The standard InChI is InChI=1S/C23H28FN3O4/c24-18-10-19(25)12-21(11-18)27(20-4-2-1-3-5-20)23(30)26-13-16-6-8-17(9-7-16)14-31-15-22(28)29/h1-5,10-12,16-17H,6-9,13-15,25H2,(H,26,30)(H,28,29)/t16-,17-. The van der Waals surface area contributed by atoms with Gasteiger partial charge >= 0.3 is 12.0 Å². The van der Waals surface area contributed by atoms with E-state index in [2.05, 4.69) is 5.32 Å². The van der Waals surface area contributed by atoms with E-state index in [4.69, 9.17) is 15.6 Å². The van der Waals surface area contributed by atoms with Gasteiger partial charge in [-0.05, 0) is 67.9 Å². The highest BCUT2D eigenvalue weighted by Gasteiger charge is 2.24. The number of aliphatic carboxylic acids is 1. The highest BCUT2D eigenvalue weighted by atomic mass is 19.1. The Morgan fingerprint density at radius 1 is 1.06 bits per heavy atom. The lowest BCUT2D eigenvalue weighted by atomic mass is 9.82. The number of halogens is 1. The average molecular weight is 429 g/mol. The lowest BCUT2D eigenvalue weighted by molar-refractivity contribution is -0.142. The average Bonchev–Trinajstić information content (AvgIpc) is 2.73. The molecule has 31 heavy (non-hydrogen) atoms. The molecule has 2 aromatic carbocycles. The van der Waals surface area contributed by atoms with Crippen LogP contribution in [0.3, 0.4) is 0 Å². The Hall–Kier alpha value is -3.13. The minimum Gasteiger partial charge on any atom is -0.480 e. The Bertz CT molecular complexity index is 865. The molecule has 2 amide bonds. The third-order valence-corrected chi connectivity index (χ3v) is 5.47. The summed E-state index contributed by atoms with van der Waals surface area (Å²) >= 11 is 0. The number of hydrogen-bond acceptors (Lipinski definition) is 4. The van der Waals surface area contributed by atoms with Crippen LogP contribution < -0.4 is 16.0 Å².